The van der Waals surface area contributed by atoms with Gasteiger partial charge in [0.1, 0.15) is 6.04 Å². The van der Waals surface area contributed by atoms with Gasteiger partial charge in [0.05, 0.1) is 5.56 Å². The Morgan fingerprint density at radius 1 is 1.29 bits per heavy atom. The lowest BCUT2D eigenvalue weighted by atomic mass is 10.1. The normalized spacial score (nSPS) is 27.4. The van der Waals surface area contributed by atoms with E-state index in [1.807, 2.05) is 0 Å². The van der Waals surface area contributed by atoms with Crippen LogP contribution in [0.3, 0.4) is 0 Å². The molecule has 4 nitrogen and oxygen atoms in total. The lowest BCUT2D eigenvalue weighted by molar-refractivity contribution is -0.142. The first-order valence-electron chi connectivity index (χ1n) is 6.50. The second-order valence-corrected chi connectivity index (χ2v) is 5.48. The van der Waals surface area contributed by atoms with Crippen LogP contribution in [0.1, 0.15) is 22.3 Å². The van der Waals surface area contributed by atoms with Crippen LogP contribution in [0.2, 0.25) is 0 Å². The van der Waals surface area contributed by atoms with E-state index in [0.29, 0.717) is 6.54 Å². The molecule has 1 aromatic carbocycles. The number of likely N-dealkylation sites (tertiary alicyclic amines) is 1. The van der Waals surface area contributed by atoms with Crippen LogP contribution in [0.25, 0.3) is 0 Å². The van der Waals surface area contributed by atoms with Crippen molar-refractivity contribution in [1.82, 2.24) is 4.90 Å². The fourth-order valence-corrected chi connectivity index (χ4v) is 2.99. The number of carboxylic acid groups (broad SMARTS) is 1. The Balaban J connectivity index is 1.87. The highest BCUT2D eigenvalue weighted by molar-refractivity contribution is 5.97. The van der Waals surface area contributed by atoms with Gasteiger partial charge in [-0.3, -0.25) is 4.79 Å². The summed E-state index contributed by atoms with van der Waals surface area (Å²) < 4.78 is 38.0. The van der Waals surface area contributed by atoms with Gasteiger partial charge in [-0.2, -0.15) is 13.2 Å². The summed E-state index contributed by atoms with van der Waals surface area (Å²) in [5.74, 6) is -1.64. The van der Waals surface area contributed by atoms with Crippen LogP contribution in [0.4, 0.5) is 13.2 Å². The predicted molar refractivity (Wildman–Crippen MR) is 65.5 cm³/mol. The third-order valence-corrected chi connectivity index (χ3v) is 4.10. The van der Waals surface area contributed by atoms with Crippen molar-refractivity contribution in [3.05, 3.63) is 35.4 Å². The summed E-state index contributed by atoms with van der Waals surface area (Å²) in [6, 6.07) is 3.17. The summed E-state index contributed by atoms with van der Waals surface area (Å²) in [6.07, 6.45) is -3.76. The average molecular weight is 299 g/mol. The summed E-state index contributed by atoms with van der Waals surface area (Å²) >= 11 is 0. The van der Waals surface area contributed by atoms with Crippen molar-refractivity contribution < 1.29 is 27.9 Å². The number of piperidine rings is 1. The van der Waals surface area contributed by atoms with Gasteiger partial charge in [-0.1, -0.05) is 6.07 Å². The molecule has 112 valence electrons. The van der Waals surface area contributed by atoms with Gasteiger partial charge < -0.3 is 10.0 Å². The monoisotopic (exact) mass is 299 g/mol. The molecular formula is C14H12F3NO3. The van der Waals surface area contributed by atoms with Crippen molar-refractivity contribution in [3.63, 3.8) is 0 Å². The van der Waals surface area contributed by atoms with Crippen molar-refractivity contribution in [3.8, 4) is 0 Å². The highest BCUT2D eigenvalue weighted by atomic mass is 19.4. The number of hydrogen-bond donors (Lipinski definition) is 1. The van der Waals surface area contributed by atoms with Crippen LogP contribution in [-0.2, 0) is 11.0 Å². The minimum absolute atomic E-state index is 0.0581. The van der Waals surface area contributed by atoms with Crippen LogP contribution in [0.5, 0.6) is 0 Å². The zero-order valence-electron chi connectivity index (χ0n) is 10.8. The van der Waals surface area contributed by atoms with Gasteiger partial charge in [-0.05, 0) is 36.5 Å². The largest absolute Gasteiger partial charge is 0.480 e. The number of hydrogen-bond acceptors (Lipinski definition) is 2. The number of nitrogens with zero attached hydrogens (tertiary/aromatic N) is 1. The Labute approximate surface area is 118 Å². The molecule has 2 fully saturated rings. The fourth-order valence-electron chi connectivity index (χ4n) is 2.99. The van der Waals surface area contributed by atoms with Crippen LogP contribution >= 0.6 is 0 Å². The first-order chi connectivity index (χ1) is 9.79. The predicted octanol–water partition coefficient (Wildman–Crippen LogP) is 2.25. The molecule has 0 radical (unpaired) electrons. The third kappa shape index (κ3) is 2.36. The van der Waals surface area contributed by atoms with Crippen molar-refractivity contribution in [2.75, 3.05) is 6.54 Å². The lowest BCUT2D eigenvalue weighted by Crippen LogP contribution is -2.43. The highest BCUT2D eigenvalue weighted by Gasteiger charge is 2.57. The standard InChI is InChI=1S/C14H12F3NO3/c15-14(16,17)9-3-1-2-7(4-9)12(19)18-6-8-5-10(8)11(18)13(20)21/h1-4,8,10-11H,5-6H2,(H,20,21). The first-order valence-corrected chi connectivity index (χ1v) is 6.50. The number of carbonyl (C=O) groups is 2. The van der Waals surface area contributed by atoms with E-state index in [4.69, 9.17) is 0 Å². The van der Waals surface area contributed by atoms with Crippen LogP contribution in [0, 0.1) is 11.8 Å². The van der Waals surface area contributed by atoms with E-state index < -0.39 is 29.7 Å². The summed E-state index contributed by atoms with van der Waals surface area (Å²) in [7, 11) is 0. The molecule has 7 heteroatoms. The maximum atomic E-state index is 12.7. The van der Waals surface area contributed by atoms with Crippen molar-refractivity contribution in [1.29, 1.82) is 0 Å². The van der Waals surface area contributed by atoms with E-state index in [-0.39, 0.29) is 17.4 Å². The number of halogens is 3. The van der Waals surface area contributed by atoms with E-state index in [0.717, 1.165) is 24.6 Å². The minimum atomic E-state index is -4.53. The second-order valence-electron chi connectivity index (χ2n) is 5.48. The third-order valence-electron chi connectivity index (χ3n) is 4.10. The van der Waals surface area contributed by atoms with E-state index in [1.54, 1.807) is 0 Å². The molecule has 1 aromatic rings. The molecular weight excluding hydrogens is 287 g/mol. The molecule has 1 aliphatic heterocycles. The van der Waals surface area contributed by atoms with Crippen molar-refractivity contribution in [2.24, 2.45) is 11.8 Å². The van der Waals surface area contributed by atoms with Gasteiger partial charge in [0.2, 0.25) is 0 Å². The number of aliphatic carboxylic acids is 1. The first kappa shape index (κ1) is 13.9. The molecule has 3 rings (SSSR count). The summed E-state index contributed by atoms with van der Waals surface area (Å²) in [4.78, 5) is 24.7. The van der Waals surface area contributed by atoms with Crippen LogP contribution in [0.15, 0.2) is 24.3 Å². The van der Waals surface area contributed by atoms with E-state index >= 15 is 0 Å². The van der Waals surface area contributed by atoms with Crippen LogP contribution < -0.4 is 0 Å². The highest BCUT2D eigenvalue weighted by Crippen LogP contribution is 2.50. The number of amides is 1. The van der Waals surface area contributed by atoms with E-state index in [9.17, 15) is 27.9 Å². The molecule has 1 heterocycles. The number of benzene rings is 1. The molecule has 1 N–H and O–H groups in total. The molecule has 1 amide bonds. The topological polar surface area (TPSA) is 57.6 Å². The number of carbonyl (C=O) groups excluding carboxylic acids is 1. The SMILES string of the molecule is O=C(O)C1C2CC2CN1C(=O)c1cccc(C(F)(F)F)c1. The summed E-state index contributed by atoms with van der Waals surface area (Å²) in [5, 5.41) is 9.19. The fraction of sp³-hybridized carbons (Fsp3) is 0.429. The molecule has 21 heavy (non-hydrogen) atoms. The Hall–Kier alpha value is -2.05. The smallest absolute Gasteiger partial charge is 0.416 e. The van der Waals surface area contributed by atoms with Gasteiger partial charge in [0.15, 0.2) is 0 Å². The van der Waals surface area contributed by atoms with Crippen LogP contribution in [-0.4, -0.2) is 34.5 Å². The zero-order chi connectivity index (χ0) is 15.4. The van der Waals surface area contributed by atoms with Gasteiger partial charge in [-0.25, -0.2) is 4.79 Å². The number of fused-ring (bicyclic) bond motifs is 1. The Morgan fingerprint density at radius 2 is 2.00 bits per heavy atom. The molecule has 3 atom stereocenters. The quantitative estimate of drug-likeness (QED) is 0.911. The number of alkyl halides is 3. The minimum Gasteiger partial charge on any atom is -0.480 e. The van der Waals surface area contributed by atoms with Crippen molar-refractivity contribution >= 4 is 11.9 Å². The number of rotatable bonds is 2. The van der Waals surface area contributed by atoms with E-state index in [1.165, 1.54) is 11.0 Å². The summed E-state index contributed by atoms with van der Waals surface area (Å²) in [6.45, 7) is 0.302. The average Bonchev–Trinajstić information content (AvgIpc) is 3.07. The Kier molecular flexibility index (Phi) is 2.96. The van der Waals surface area contributed by atoms with E-state index in [2.05, 4.69) is 0 Å². The zero-order valence-corrected chi connectivity index (χ0v) is 10.8. The van der Waals surface area contributed by atoms with Gasteiger partial charge >= 0.3 is 12.1 Å². The molecule has 1 saturated heterocycles. The van der Waals surface area contributed by atoms with Gasteiger partial charge in [0.25, 0.3) is 5.91 Å². The molecule has 3 unspecified atom stereocenters. The Morgan fingerprint density at radius 3 is 2.62 bits per heavy atom. The molecule has 1 aliphatic carbocycles. The molecule has 2 aliphatic rings. The van der Waals surface area contributed by atoms with Gasteiger partial charge in [0, 0.05) is 12.1 Å². The maximum absolute atomic E-state index is 12.7. The Bertz CT molecular complexity index is 614. The lowest BCUT2D eigenvalue weighted by Gasteiger charge is -2.24. The second kappa shape index (κ2) is 4.47. The van der Waals surface area contributed by atoms with Gasteiger partial charge in [-0.15, -0.1) is 0 Å². The summed E-state index contributed by atoms with van der Waals surface area (Å²) in [5.41, 5.74) is -1.04. The molecule has 1 saturated carbocycles. The maximum Gasteiger partial charge on any atom is 0.416 e. The molecule has 0 aromatic heterocycles. The van der Waals surface area contributed by atoms with Crippen molar-refractivity contribution in [2.45, 2.75) is 18.6 Å². The molecule has 0 bridgehead atoms. The number of carboxylic acids is 1. The molecule has 0 spiro atoms.